The fourth-order valence-corrected chi connectivity index (χ4v) is 2.12. The quantitative estimate of drug-likeness (QED) is 0.838. The van der Waals surface area contributed by atoms with Crippen LogP contribution in [0.5, 0.6) is 0 Å². The maximum Gasteiger partial charge on any atom is 0.136 e. The lowest BCUT2D eigenvalue weighted by molar-refractivity contribution is 0.777. The molecule has 21 heavy (non-hydrogen) atoms. The SMILES string of the molecule is CCNc1cc(Nc2cccc(Cl)c2C)nc(C(C)C)n1. The second-order valence-electron chi connectivity index (χ2n) is 5.22. The molecule has 2 aromatic rings. The first kappa shape index (κ1) is 15.6. The summed E-state index contributed by atoms with van der Waals surface area (Å²) >= 11 is 6.16. The summed E-state index contributed by atoms with van der Waals surface area (Å²) in [6.45, 7) is 9.02. The van der Waals surface area contributed by atoms with Crippen molar-refractivity contribution in [3.8, 4) is 0 Å². The summed E-state index contributed by atoms with van der Waals surface area (Å²) in [6.07, 6.45) is 0. The van der Waals surface area contributed by atoms with Crippen LogP contribution >= 0.6 is 11.6 Å². The van der Waals surface area contributed by atoms with Crippen molar-refractivity contribution in [3.63, 3.8) is 0 Å². The molecule has 0 radical (unpaired) electrons. The first-order valence-corrected chi connectivity index (χ1v) is 7.54. The Bertz CT molecular complexity index is 626. The second kappa shape index (κ2) is 6.76. The van der Waals surface area contributed by atoms with Crippen LogP contribution < -0.4 is 10.6 Å². The van der Waals surface area contributed by atoms with E-state index in [4.69, 9.17) is 11.6 Å². The fourth-order valence-electron chi connectivity index (χ4n) is 1.94. The Morgan fingerprint density at radius 1 is 1.19 bits per heavy atom. The largest absolute Gasteiger partial charge is 0.370 e. The van der Waals surface area contributed by atoms with Crippen LogP contribution in [0.25, 0.3) is 0 Å². The fraction of sp³-hybridized carbons (Fsp3) is 0.375. The van der Waals surface area contributed by atoms with E-state index >= 15 is 0 Å². The van der Waals surface area contributed by atoms with Crippen molar-refractivity contribution in [1.82, 2.24) is 9.97 Å². The average Bonchev–Trinajstić information content (AvgIpc) is 2.44. The van der Waals surface area contributed by atoms with Gasteiger partial charge in [-0.3, -0.25) is 0 Å². The van der Waals surface area contributed by atoms with Crippen molar-refractivity contribution in [2.24, 2.45) is 0 Å². The molecule has 0 saturated carbocycles. The van der Waals surface area contributed by atoms with Gasteiger partial charge < -0.3 is 10.6 Å². The minimum atomic E-state index is 0.268. The summed E-state index contributed by atoms with van der Waals surface area (Å²) in [4.78, 5) is 9.09. The number of hydrogen-bond donors (Lipinski definition) is 2. The van der Waals surface area contributed by atoms with Gasteiger partial charge in [-0.1, -0.05) is 31.5 Å². The van der Waals surface area contributed by atoms with Crippen LogP contribution in [0.1, 0.15) is 38.1 Å². The molecular formula is C16H21ClN4. The summed E-state index contributed by atoms with van der Waals surface area (Å²) in [6, 6.07) is 7.71. The zero-order chi connectivity index (χ0) is 15.4. The second-order valence-corrected chi connectivity index (χ2v) is 5.63. The number of anilines is 3. The molecule has 1 aromatic heterocycles. The molecule has 0 amide bonds. The summed E-state index contributed by atoms with van der Waals surface area (Å²) in [5.41, 5.74) is 1.97. The zero-order valence-corrected chi connectivity index (χ0v) is 13.6. The first-order chi connectivity index (χ1) is 10.0. The van der Waals surface area contributed by atoms with Crippen LogP contribution in [0.3, 0.4) is 0 Å². The Morgan fingerprint density at radius 3 is 2.57 bits per heavy atom. The molecule has 112 valence electrons. The lowest BCUT2D eigenvalue weighted by Gasteiger charge is -2.14. The van der Waals surface area contributed by atoms with Crippen molar-refractivity contribution in [2.45, 2.75) is 33.6 Å². The van der Waals surface area contributed by atoms with E-state index in [-0.39, 0.29) is 5.92 Å². The normalized spacial score (nSPS) is 10.8. The molecule has 0 unspecified atom stereocenters. The molecule has 5 heteroatoms. The van der Waals surface area contributed by atoms with Gasteiger partial charge in [0.25, 0.3) is 0 Å². The van der Waals surface area contributed by atoms with E-state index in [1.807, 2.05) is 38.1 Å². The third-order valence-corrected chi connectivity index (χ3v) is 3.56. The number of benzene rings is 1. The number of nitrogens with zero attached hydrogens (tertiary/aromatic N) is 2. The van der Waals surface area contributed by atoms with Crippen LogP contribution in [-0.2, 0) is 0 Å². The molecule has 2 N–H and O–H groups in total. The molecular weight excluding hydrogens is 284 g/mol. The van der Waals surface area contributed by atoms with E-state index in [2.05, 4.69) is 34.4 Å². The molecule has 0 aliphatic rings. The number of halogens is 1. The summed E-state index contributed by atoms with van der Waals surface area (Å²) < 4.78 is 0. The maximum absolute atomic E-state index is 6.16. The van der Waals surface area contributed by atoms with Crippen molar-refractivity contribution in [3.05, 3.63) is 40.7 Å². The van der Waals surface area contributed by atoms with Gasteiger partial charge in [0.05, 0.1) is 0 Å². The van der Waals surface area contributed by atoms with Crippen LogP contribution in [0, 0.1) is 6.92 Å². The standard InChI is InChI=1S/C16H21ClN4/c1-5-18-14-9-15(21-16(20-14)10(2)3)19-13-8-6-7-12(17)11(13)4/h6-10H,5H2,1-4H3,(H2,18,19,20,21). The van der Waals surface area contributed by atoms with Gasteiger partial charge >= 0.3 is 0 Å². The van der Waals surface area contributed by atoms with Crippen molar-refractivity contribution in [1.29, 1.82) is 0 Å². The van der Waals surface area contributed by atoms with Gasteiger partial charge in [0, 0.05) is 29.2 Å². The monoisotopic (exact) mass is 304 g/mol. The van der Waals surface area contributed by atoms with Gasteiger partial charge in [-0.25, -0.2) is 9.97 Å². The smallest absolute Gasteiger partial charge is 0.136 e. The Labute approximate surface area is 131 Å². The highest BCUT2D eigenvalue weighted by molar-refractivity contribution is 6.31. The highest BCUT2D eigenvalue weighted by Crippen LogP contribution is 2.26. The minimum Gasteiger partial charge on any atom is -0.370 e. The van der Waals surface area contributed by atoms with Crippen LogP contribution in [-0.4, -0.2) is 16.5 Å². The van der Waals surface area contributed by atoms with E-state index in [1.165, 1.54) is 0 Å². The van der Waals surface area contributed by atoms with Crippen molar-refractivity contribution >= 4 is 28.9 Å². The van der Waals surface area contributed by atoms with Gasteiger partial charge in [-0.15, -0.1) is 0 Å². The van der Waals surface area contributed by atoms with Gasteiger partial charge in [0.2, 0.25) is 0 Å². The highest BCUT2D eigenvalue weighted by Gasteiger charge is 2.09. The third kappa shape index (κ3) is 3.85. The van der Waals surface area contributed by atoms with Gasteiger partial charge in [0.15, 0.2) is 0 Å². The van der Waals surface area contributed by atoms with E-state index in [1.54, 1.807) is 0 Å². The maximum atomic E-state index is 6.16. The molecule has 1 heterocycles. The van der Waals surface area contributed by atoms with Crippen LogP contribution in [0.2, 0.25) is 5.02 Å². The number of aromatic nitrogens is 2. The Balaban J connectivity index is 2.36. The molecule has 0 spiro atoms. The van der Waals surface area contributed by atoms with E-state index in [0.29, 0.717) is 0 Å². The Kier molecular flexibility index (Phi) is 5.02. The third-order valence-electron chi connectivity index (χ3n) is 3.15. The number of hydrogen-bond acceptors (Lipinski definition) is 4. The highest BCUT2D eigenvalue weighted by atomic mass is 35.5. The lowest BCUT2D eigenvalue weighted by Crippen LogP contribution is -2.07. The lowest BCUT2D eigenvalue weighted by atomic mass is 10.2. The Morgan fingerprint density at radius 2 is 1.90 bits per heavy atom. The molecule has 1 aromatic carbocycles. The molecule has 0 bridgehead atoms. The number of rotatable bonds is 5. The van der Waals surface area contributed by atoms with Crippen molar-refractivity contribution in [2.75, 3.05) is 17.2 Å². The molecule has 0 fully saturated rings. The topological polar surface area (TPSA) is 49.8 Å². The minimum absolute atomic E-state index is 0.268. The summed E-state index contributed by atoms with van der Waals surface area (Å²) in [7, 11) is 0. The van der Waals surface area contributed by atoms with Gasteiger partial charge in [-0.05, 0) is 31.5 Å². The molecule has 4 nitrogen and oxygen atoms in total. The molecule has 2 rings (SSSR count). The molecule has 0 aliphatic heterocycles. The van der Waals surface area contributed by atoms with Crippen LogP contribution in [0.15, 0.2) is 24.3 Å². The number of nitrogens with one attached hydrogen (secondary N) is 2. The van der Waals surface area contributed by atoms with E-state index in [0.717, 1.165) is 40.3 Å². The predicted molar refractivity (Wildman–Crippen MR) is 89.8 cm³/mol. The summed E-state index contributed by atoms with van der Waals surface area (Å²) in [5, 5.41) is 7.31. The molecule has 0 aliphatic carbocycles. The first-order valence-electron chi connectivity index (χ1n) is 7.16. The van der Waals surface area contributed by atoms with Gasteiger partial charge in [0.1, 0.15) is 17.5 Å². The molecule has 0 atom stereocenters. The Hall–Kier alpha value is -1.81. The van der Waals surface area contributed by atoms with Crippen molar-refractivity contribution < 1.29 is 0 Å². The van der Waals surface area contributed by atoms with Crippen LogP contribution in [0.4, 0.5) is 17.3 Å². The molecule has 0 saturated heterocycles. The zero-order valence-electron chi connectivity index (χ0n) is 12.9. The van der Waals surface area contributed by atoms with E-state index < -0.39 is 0 Å². The van der Waals surface area contributed by atoms with Gasteiger partial charge in [-0.2, -0.15) is 0 Å². The average molecular weight is 305 g/mol. The predicted octanol–water partition coefficient (Wildman–Crippen LogP) is 4.74. The summed E-state index contributed by atoms with van der Waals surface area (Å²) in [5.74, 6) is 2.69. The van der Waals surface area contributed by atoms with E-state index in [9.17, 15) is 0 Å².